The summed E-state index contributed by atoms with van der Waals surface area (Å²) in [6.07, 6.45) is 0. The first-order valence-corrected chi connectivity index (χ1v) is 7.01. The van der Waals surface area contributed by atoms with E-state index >= 15 is 0 Å². The molecule has 0 aliphatic carbocycles. The van der Waals surface area contributed by atoms with Crippen LogP contribution in [0, 0.1) is 27.7 Å². The Morgan fingerprint density at radius 2 is 1.53 bits per heavy atom. The number of rotatable bonds is 2. The molecule has 0 saturated carbocycles. The Kier molecular flexibility index (Phi) is 4.11. The van der Waals surface area contributed by atoms with Gasteiger partial charge >= 0.3 is 0 Å². The van der Waals surface area contributed by atoms with Crippen molar-refractivity contribution in [3.8, 4) is 11.6 Å². The Bertz CT molecular complexity index is 621. The third kappa shape index (κ3) is 3.07. The number of aryl methyl sites for hydroxylation is 4. The quantitative estimate of drug-likeness (QED) is 0.777. The summed E-state index contributed by atoms with van der Waals surface area (Å²) in [6.45, 7) is 7.77. The van der Waals surface area contributed by atoms with Crippen LogP contribution < -0.4 is 4.74 Å². The summed E-state index contributed by atoms with van der Waals surface area (Å²) in [5, 5.41) is 0.279. The summed E-state index contributed by atoms with van der Waals surface area (Å²) in [7, 11) is 0. The second kappa shape index (κ2) is 5.47. The first-order valence-electron chi connectivity index (χ1n) is 5.84. The molecule has 0 amide bonds. The van der Waals surface area contributed by atoms with E-state index in [0.29, 0.717) is 11.6 Å². The molecule has 0 radical (unpaired) electrons. The largest absolute Gasteiger partial charge is 0.436 e. The molecule has 1 aromatic carbocycles. The number of aromatic nitrogens is 2. The van der Waals surface area contributed by atoms with E-state index in [1.807, 2.05) is 39.8 Å². The van der Waals surface area contributed by atoms with Crippen LogP contribution in [0.1, 0.15) is 22.5 Å². The minimum absolute atomic E-state index is 0.279. The van der Waals surface area contributed by atoms with Crippen LogP contribution in [0.5, 0.6) is 11.6 Å². The third-order valence-corrected chi connectivity index (χ3v) is 4.36. The van der Waals surface area contributed by atoms with Crippen molar-refractivity contribution < 1.29 is 4.74 Å². The molecule has 0 N–H and O–H groups in total. The molecule has 1 heterocycles. The molecular formula is C14H14BrClN2O. The lowest BCUT2D eigenvalue weighted by molar-refractivity contribution is 0.457. The summed E-state index contributed by atoms with van der Waals surface area (Å²) in [6, 6.07) is 3.87. The predicted octanol–water partition coefficient (Wildman–Crippen LogP) is 4.92. The number of hydrogen-bond donors (Lipinski definition) is 0. The average Bonchev–Trinajstić information content (AvgIpc) is 2.33. The maximum absolute atomic E-state index is 6.05. The van der Waals surface area contributed by atoms with Crippen LogP contribution in [-0.4, -0.2) is 9.97 Å². The first kappa shape index (κ1) is 14.3. The van der Waals surface area contributed by atoms with Gasteiger partial charge in [-0.25, -0.2) is 9.97 Å². The molecular weight excluding hydrogens is 328 g/mol. The highest BCUT2D eigenvalue weighted by atomic mass is 79.9. The van der Waals surface area contributed by atoms with Crippen LogP contribution in [0.15, 0.2) is 16.6 Å². The monoisotopic (exact) mass is 340 g/mol. The summed E-state index contributed by atoms with van der Waals surface area (Å²) in [5.41, 5.74) is 3.82. The third-order valence-electron chi connectivity index (χ3n) is 2.86. The average molecular weight is 342 g/mol. The van der Waals surface area contributed by atoms with Crippen molar-refractivity contribution in [2.45, 2.75) is 27.7 Å². The fraction of sp³-hybridized carbons (Fsp3) is 0.286. The fourth-order valence-corrected chi connectivity index (χ4v) is 2.13. The van der Waals surface area contributed by atoms with Crippen LogP contribution in [0.4, 0.5) is 0 Å². The van der Waals surface area contributed by atoms with E-state index in [1.54, 1.807) is 0 Å². The van der Waals surface area contributed by atoms with Gasteiger partial charge in [0, 0.05) is 4.47 Å². The van der Waals surface area contributed by atoms with E-state index in [0.717, 1.165) is 27.0 Å². The van der Waals surface area contributed by atoms with E-state index in [4.69, 9.17) is 16.3 Å². The van der Waals surface area contributed by atoms with Crippen molar-refractivity contribution in [1.29, 1.82) is 0 Å². The van der Waals surface area contributed by atoms with Gasteiger partial charge in [0.05, 0.1) is 11.4 Å². The lowest BCUT2D eigenvalue weighted by Crippen LogP contribution is -1.98. The van der Waals surface area contributed by atoms with Crippen LogP contribution in [0.3, 0.4) is 0 Å². The summed E-state index contributed by atoms with van der Waals surface area (Å²) in [5.74, 6) is 1.04. The van der Waals surface area contributed by atoms with E-state index in [2.05, 4.69) is 25.9 Å². The molecule has 0 unspecified atom stereocenters. The zero-order valence-corrected chi connectivity index (χ0v) is 13.6. The smallest absolute Gasteiger partial charge is 0.257 e. The molecule has 2 rings (SSSR count). The number of nitrogens with zero attached hydrogens (tertiary/aromatic N) is 2. The van der Waals surface area contributed by atoms with E-state index < -0.39 is 0 Å². The molecule has 100 valence electrons. The molecule has 0 saturated heterocycles. The maximum Gasteiger partial charge on any atom is 0.257 e. The van der Waals surface area contributed by atoms with E-state index in [-0.39, 0.29) is 5.15 Å². The van der Waals surface area contributed by atoms with Crippen molar-refractivity contribution in [2.75, 3.05) is 0 Å². The van der Waals surface area contributed by atoms with Gasteiger partial charge in [0.1, 0.15) is 5.75 Å². The summed E-state index contributed by atoms with van der Waals surface area (Å²) >= 11 is 9.58. The van der Waals surface area contributed by atoms with Crippen molar-refractivity contribution in [2.24, 2.45) is 0 Å². The van der Waals surface area contributed by atoms with Gasteiger partial charge in [-0.05, 0) is 51.0 Å². The number of ether oxygens (including phenoxy) is 1. The van der Waals surface area contributed by atoms with Crippen molar-refractivity contribution in [3.63, 3.8) is 0 Å². The number of halogens is 2. The summed E-state index contributed by atoms with van der Waals surface area (Å²) < 4.78 is 6.82. The Labute approximate surface area is 126 Å². The highest BCUT2D eigenvalue weighted by molar-refractivity contribution is 9.10. The zero-order valence-electron chi connectivity index (χ0n) is 11.2. The Hall–Kier alpha value is -1.13. The molecule has 0 atom stereocenters. The predicted molar refractivity (Wildman–Crippen MR) is 80.2 cm³/mol. The minimum Gasteiger partial charge on any atom is -0.436 e. The van der Waals surface area contributed by atoms with E-state index in [9.17, 15) is 0 Å². The molecule has 0 bridgehead atoms. The van der Waals surface area contributed by atoms with Crippen LogP contribution >= 0.6 is 27.5 Å². The van der Waals surface area contributed by atoms with Gasteiger partial charge in [-0.1, -0.05) is 27.5 Å². The lowest BCUT2D eigenvalue weighted by Gasteiger charge is -2.11. The second-order valence-electron chi connectivity index (χ2n) is 4.46. The topological polar surface area (TPSA) is 35.0 Å². The summed E-state index contributed by atoms with van der Waals surface area (Å²) in [4.78, 5) is 8.52. The molecule has 3 nitrogen and oxygen atoms in total. The Morgan fingerprint density at radius 3 is 2.11 bits per heavy atom. The Balaban J connectivity index is 2.39. The molecule has 19 heavy (non-hydrogen) atoms. The second-order valence-corrected chi connectivity index (χ2v) is 5.61. The first-order chi connectivity index (χ1) is 8.88. The van der Waals surface area contributed by atoms with Crippen molar-refractivity contribution in [3.05, 3.63) is 44.3 Å². The molecule has 0 fully saturated rings. The molecule has 1 aromatic heterocycles. The van der Waals surface area contributed by atoms with Gasteiger partial charge < -0.3 is 4.74 Å². The van der Waals surface area contributed by atoms with Crippen LogP contribution in [0.2, 0.25) is 5.15 Å². The zero-order chi connectivity index (χ0) is 14.2. The highest BCUT2D eigenvalue weighted by Crippen LogP contribution is 2.31. The van der Waals surface area contributed by atoms with Crippen LogP contribution in [-0.2, 0) is 0 Å². The van der Waals surface area contributed by atoms with Gasteiger partial charge in [-0.2, -0.15) is 0 Å². The Morgan fingerprint density at radius 1 is 1.00 bits per heavy atom. The highest BCUT2D eigenvalue weighted by Gasteiger charge is 2.11. The molecule has 5 heteroatoms. The molecule has 0 aliphatic heterocycles. The van der Waals surface area contributed by atoms with Gasteiger partial charge in [-0.3, -0.25) is 0 Å². The molecule has 0 aliphatic rings. The standard InChI is InChI=1S/C14H14BrClN2O/c1-7-5-11(6-8(2)12(7)15)19-14-13(16)17-9(3)10(4)18-14/h5-6H,1-4H3. The minimum atomic E-state index is 0.279. The van der Waals surface area contributed by atoms with Gasteiger partial charge in [-0.15, -0.1) is 0 Å². The van der Waals surface area contributed by atoms with Crippen LogP contribution in [0.25, 0.3) is 0 Å². The van der Waals surface area contributed by atoms with Crippen molar-refractivity contribution in [1.82, 2.24) is 9.97 Å². The maximum atomic E-state index is 6.05. The number of hydrogen-bond acceptors (Lipinski definition) is 3. The normalized spacial score (nSPS) is 10.6. The van der Waals surface area contributed by atoms with E-state index in [1.165, 1.54) is 0 Å². The van der Waals surface area contributed by atoms with Gasteiger partial charge in [0.25, 0.3) is 5.88 Å². The molecule has 2 aromatic rings. The fourth-order valence-electron chi connectivity index (χ4n) is 1.70. The SMILES string of the molecule is Cc1cc(Oc2nc(C)c(C)nc2Cl)cc(C)c1Br. The number of benzene rings is 1. The molecule has 0 spiro atoms. The van der Waals surface area contributed by atoms with Crippen molar-refractivity contribution >= 4 is 27.5 Å². The van der Waals surface area contributed by atoms with Gasteiger partial charge in [0.2, 0.25) is 0 Å². The van der Waals surface area contributed by atoms with Gasteiger partial charge in [0.15, 0.2) is 5.15 Å². The lowest BCUT2D eigenvalue weighted by atomic mass is 10.1.